The number of hydrogen-bond acceptors (Lipinski definition) is 2. The van der Waals surface area contributed by atoms with Gasteiger partial charge >= 0.3 is 0 Å². The average molecular weight is 320 g/mol. The quantitative estimate of drug-likeness (QED) is 0.707. The molecule has 0 aliphatic rings. The van der Waals surface area contributed by atoms with Gasteiger partial charge in [0.05, 0.1) is 0 Å². The van der Waals surface area contributed by atoms with Gasteiger partial charge in [-0.3, -0.25) is 0 Å². The van der Waals surface area contributed by atoms with Crippen LogP contribution in [0.1, 0.15) is 30.5 Å². The summed E-state index contributed by atoms with van der Waals surface area (Å²) in [5.74, 6) is 2.01. The molecule has 1 nitrogen and oxygen atoms in total. The first-order valence-corrected chi connectivity index (χ1v) is 8.94. The van der Waals surface area contributed by atoms with E-state index in [-0.39, 0.29) is 0 Å². The highest BCUT2D eigenvalue weighted by Gasteiger charge is 2.10. The normalized spacial score (nSPS) is 12.3. The maximum Gasteiger partial charge on any atom is 0.0446 e. The van der Waals surface area contributed by atoms with E-state index in [1.54, 1.807) is 0 Å². The van der Waals surface area contributed by atoms with E-state index in [4.69, 9.17) is 11.6 Å². The Balaban J connectivity index is 1.92. The molecule has 0 saturated carbocycles. The summed E-state index contributed by atoms with van der Waals surface area (Å²) in [6.45, 7) is 3.25. The average Bonchev–Trinajstić information content (AvgIpc) is 2.53. The van der Waals surface area contributed by atoms with Crippen molar-refractivity contribution in [3.05, 3.63) is 70.7 Å². The highest BCUT2D eigenvalue weighted by atomic mass is 35.5. The fourth-order valence-corrected chi connectivity index (χ4v) is 3.60. The molecule has 112 valence electrons. The Morgan fingerprint density at radius 1 is 1.05 bits per heavy atom. The summed E-state index contributed by atoms with van der Waals surface area (Å²) in [6.07, 6.45) is 1.15. The van der Waals surface area contributed by atoms with Gasteiger partial charge in [-0.2, -0.15) is 11.8 Å². The van der Waals surface area contributed by atoms with Crippen LogP contribution in [0.25, 0.3) is 0 Å². The molecule has 0 fully saturated rings. The molecule has 0 aromatic heterocycles. The fourth-order valence-electron chi connectivity index (χ4n) is 2.18. The summed E-state index contributed by atoms with van der Waals surface area (Å²) in [7, 11) is 0. The van der Waals surface area contributed by atoms with Crippen molar-refractivity contribution >= 4 is 23.4 Å². The zero-order valence-electron chi connectivity index (χ0n) is 12.4. The molecule has 1 unspecified atom stereocenters. The smallest absolute Gasteiger partial charge is 0.0446 e. The van der Waals surface area contributed by atoms with Crippen LogP contribution in [-0.2, 0) is 5.75 Å². The lowest BCUT2D eigenvalue weighted by molar-refractivity contribution is 0.577. The van der Waals surface area contributed by atoms with Crippen molar-refractivity contribution in [2.45, 2.75) is 25.1 Å². The van der Waals surface area contributed by atoms with E-state index in [1.165, 1.54) is 11.1 Å². The molecule has 0 saturated heterocycles. The molecule has 1 atom stereocenters. The first-order chi connectivity index (χ1) is 10.3. The van der Waals surface area contributed by atoms with Crippen LogP contribution in [0, 0.1) is 0 Å². The lowest BCUT2D eigenvalue weighted by Gasteiger charge is -2.19. The molecule has 1 N–H and O–H groups in total. The van der Waals surface area contributed by atoms with E-state index in [9.17, 15) is 0 Å². The first-order valence-electron chi connectivity index (χ1n) is 7.40. The van der Waals surface area contributed by atoms with Crippen molar-refractivity contribution in [2.24, 2.45) is 0 Å². The molecule has 2 aromatic rings. The highest BCUT2D eigenvalue weighted by Crippen LogP contribution is 2.24. The predicted octanol–water partition coefficient (Wildman–Crippen LogP) is 5.31. The van der Waals surface area contributed by atoms with E-state index in [0.717, 1.165) is 29.5 Å². The van der Waals surface area contributed by atoms with Crippen molar-refractivity contribution in [2.75, 3.05) is 12.3 Å². The maximum absolute atomic E-state index is 6.21. The minimum absolute atomic E-state index is 0.402. The van der Waals surface area contributed by atoms with Gasteiger partial charge in [0.2, 0.25) is 0 Å². The van der Waals surface area contributed by atoms with Crippen LogP contribution in [-0.4, -0.2) is 12.3 Å². The summed E-state index contributed by atoms with van der Waals surface area (Å²) in [4.78, 5) is 0. The monoisotopic (exact) mass is 319 g/mol. The van der Waals surface area contributed by atoms with Crippen LogP contribution in [0.5, 0.6) is 0 Å². The van der Waals surface area contributed by atoms with Crippen LogP contribution >= 0.6 is 23.4 Å². The van der Waals surface area contributed by atoms with Gasteiger partial charge in [-0.1, -0.05) is 67.1 Å². The third-order valence-electron chi connectivity index (χ3n) is 3.34. The van der Waals surface area contributed by atoms with Gasteiger partial charge in [-0.25, -0.2) is 0 Å². The second kappa shape index (κ2) is 9.14. The minimum Gasteiger partial charge on any atom is -0.309 e. The molecule has 0 amide bonds. The Bertz CT molecular complexity index is 530. The fraction of sp³-hybridized carbons (Fsp3) is 0.333. The number of rotatable bonds is 8. The Kier molecular flexibility index (Phi) is 7.14. The molecule has 2 aromatic carbocycles. The van der Waals surface area contributed by atoms with Crippen molar-refractivity contribution in [3.8, 4) is 0 Å². The summed E-state index contributed by atoms with van der Waals surface area (Å²) in [5.41, 5.74) is 2.57. The zero-order chi connectivity index (χ0) is 14.9. The molecular weight excluding hydrogens is 298 g/mol. The molecule has 3 heteroatoms. The van der Waals surface area contributed by atoms with Gasteiger partial charge < -0.3 is 5.32 Å². The molecule has 21 heavy (non-hydrogen) atoms. The largest absolute Gasteiger partial charge is 0.309 e. The Hall–Kier alpha value is -0.960. The Labute approximate surface area is 137 Å². The van der Waals surface area contributed by atoms with E-state index in [2.05, 4.69) is 48.6 Å². The summed E-state index contributed by atoms with van der Waals surface area (Å²) >= 11 is 8.14. The molecule has 0 radical (unpaired) electrons. The molecule has 0 spiro atoms. The number of halogens is 1. The number of nitrogens with one attached hydrogen (secondary N) is 1. The third kappa shape index (κ3) is 5.39. The van der Waals surface area contributed by atoms with Crippen molar-refractivity contribution in [1.82, 2.24) is 5.32 Å². The van der Waals surface area contributed by atoms with Crippen LogP contribution < -0.4 is 5.32 Å². The lowest BCUT2D eigenvalue weighted by atomic mass is 10.1. The van der Waals surface area contributed by atoms with Crippen molar-refractivity contribution in [3.63, 3.8) is 0 Å². The van der Waals surface area contributed by atoms with Gasteiger partial charge in [-0.15, -0.1) is 0 Å². The summed E-state index contributed by atoms with van der Waals surface area (Å²) < 4.78 is 0. The van der Waals surface area contributed by atoms with Crippen LogP contribution in [0.4, 0.5) is 0 Å². The summed E-state index contributed by atoms with van der Waals surface area (Å²) in [5, 5.41) is 4.50. The molecule has 0 heterocycles. The minimum atomic E-state index is 0.402. The van der Waals surface area contributed by atoms with Gasteiger partial charge in [0.15, 0.2) is 0 Å². The van der Waals surface area contributed by atoms with Crippen LogP contribution in [0.15, 0.2) is 54.6 Å². The van der Waals surface area contributed by atoms with E-state index in [0.29, 0.717) is 6.04 Å². The molecule has 0 aliphatic carbocycles. The van der Waals surface area contributed by atoms with Crippen LogP contribution in [0.2, 0.25) is 5.02 Å². The molecular formula is C18H22ClNS. The number of thioether (sulfide) groups is 1. The lowest BCUT2D eigenvalue weighted by Crippen LogP contribution is -2.24. The van der Waals surface area contributed by atoms with Gasteiger partial charge in [0.25, 0.3) is 0 Å². The zero-order valence-corrected chi connectivity index (χ0v) is 14.0. The highest BCUT2D eigenvalue weighted by molar-refractivity contribution is 7.98. The van der Waals surface area contributed by atoms with E-state index < -0.39 is 0 Å². The second-order valence-electron chi connectivity index (χ2n) is 5.02. The second-order valence-corrected chi connectivity index (χ2v) is 6.46. The van der Waals surface area contributed by atoms with Gasteiger partial charge in [0, 0.05) is 22.6 Å². The molecule has 0 aliphatic heterocycles. The van der Waals surface area contributed by atoms with E-state index >= 15 is 0 Å². The number of hydrogen-bond donors (Lipinski definition) is 1. The van der Waals surface area contributed by atoms with Crippen molar-refractivity contribution in [1.29, 1.82) is 0 Å². The van der Waals surface area contributed by atoms with Crippen LogP contribution in [0.3, 0.4) is 0 Å². The molecule has 2 rings (SSSR count). The van der Waals surface area contributed by atoms with Crippen molar-refractivity contribution < 1.29 is 0 Å². The molecule has 0 bridgehead atoms. The SMILES string of the molecule is CCCNC(CSCc1ccccc1Cl)c1ccccc1. The van der Waals surface area contributed by atoms with E-state index in [1.807, 2.05) is 30.0 Å². The van der Waals surface area contributed by atoms with Gasteiger partial charge in [0.1, 0.15) is 0 Å². The predicted molar refractivity (Wildman–Crippen MR) is 95.1 cm³/mol. The van der Waals surface area contributed by atoms with Gasteiger partial charge in [-0.05, 0) is 30.2 Å². The Morgan fingerprint density at radius 3 is 2.48 bits per heavy atom. The third-order valence-corrected chi connectivity index (χ3v) is 4.80. The standard InChI is InChI=1S/C18H22ClNS/c1-2-12-20-18(15-8-4-3-5-9-15)14-21-13-16-10-6-7-11-17(16)19/h3-11,18,20H,2,12-14H2,1H3. The topological polar surface area (TPSA) is 12.0 Å². The number of benzene rings is 2. The Morgan fingerprint density at radius 2 is 1.76 bits per heavy atom. The first kappa shape index (κ1) is 16.4. The summed E-state index contributed by atoms with van der Waals surface area (Å²) in [6, 6.07) is 19.2. The maximum atomic E-state index is 6.21.